The molecule has 0 bridgehead atoms. The average Bonchev–Trinajstić information content (AvgIpc) is 2.50. The molecule has 1 aliphatic carbocycles. The first-order valence-electron chi connectivity index (χ1n) is 4.98. The molecular formula is C10H16N2OS. The van der Waals surface area contributed by atoms with Gasteiger partial charge in [0.05, 0.1) is 0 Å². The maximum Gasteiger partial charge on any atom is 0.122 e. The molecule has 4 heteroatoms. The molecule has 3 nitrogen and oxygen atoms in total. The predicted octanol–water partition coefficient (Wildman–Crippen LogP) is 1.61. The molecule has 14 heavy (non-hydrogen) atoms. The van der Waals surface area contributed by atoms with Crippen LogP contribution in [0.4, 0.5) is 0 Å². The molecule has 78 valence electrons. The number of thiazole rings is 1. The van der Waals surface area contributed by atoms with Gasteiger partial charge in [-0.25, -0.2) is 4.98 Å². The largest absolute Gasteiger partial charge is 0.385 e. The van der Waals surface area contributed by atoms with Crippen molar-refractivity contribution in [2.45, 2.75) is 32.3 Å². The number of nitrogens with two attached hydrogens (primary N) is 1. The number of hydrogen-bond donors (Lipinski definition) is 2. The van der Waals surface area contributed by atoms with Gasteiger partial charge in [-0.05, 0) is 19.8 Å². The Labute approximate surface area is 88.0 Å². The number of aryl methyl sites for hydroxylation is 1. The molecule has 1 aromatic heterocycles. The summed E-state index contributed by atoms with van der Waals surface area (Å²) in [6.45, 7) is 2.57. The number of rotatable bonds is 3. The van der Waals surface area contributed by atoms with E-state index in [0.717, 1.165) is 22.7 Å². The Balaban J connectivity index is 2.18. The lowest BCUT2D eigenvalue weighted by molar-refractivity contribution is -0.0297. The highest BCUT2D eigenvalue weighted by atomic mass is 32.1. The lowest BCUT2D eigenvalue weighted by Crippen LogP contribution is -2.42. The quantitative estimate of drug-likeness (QED) is 0.800. The van der Waals surface area contributed by atoms with Crippen LogP contribution in [0, 0.1) is 12.3 Å². The van der Waals surface area contributed by atoms with Crippen LogP contribution in [0.3, 0.4) is 0 Å². The first-order chi connectivity index (χ1) is 6.68. The van der Waals surface area contributed by atoms with Crippen LogP contribution < -0.4 is 5.73 Å². The van der Waals surface area contributed by atoms with Crippen LogP contribution in [-0.2, 0) is 0 Å². The summed E-state index contributed by atoms with van der Waals surface area (Å²) in [5.74, 6) is 0. The maximum atomic E-state index is 10.2. The van der Waals surface area contributed by atoms with Crippen molar-refractivity contribution < 1.29 is 5.11 Å². The molecular weight excluding hydrogens is 196 g/mol. The lowest BCUT2D eigenvalue weighted by atomic mass is 9.65. The van der Waals surface area contributed by atoms with Crippen LogP contribution in [0.5, 0.6) is 0 Å². The molecule has 1 saturated carbocycles. The van der Waals surface area contributed by atoms with E-state index in [1.807, 2.05) is 13.1 Å². The smallest absolute Gasteiger partial charge is 0.122 e. The summed E-state index contributed by atoms with van der Waals surface area (Å²) in [7, 11) is 0. The summed E-state index contributed by atoms with van der Waals surface area (Å²) in [5, 5.41) is 11.0. The van der Waals surface area contributed by atoms with Gasteiger partial charge in [0, 0.05) is 23.0 Å². The van der Waals surface area contributed by atoms with Crippen molar-refractivity contribution >= 4 is 11.3 Å². The van der Waals surface area contributed by atoms with Crippen LogP contribution in [0.1, 0.15) is 35.3 Å². The molecule has 0 saturated heterocycles. The molecule has 0 spiro atoms. The number of aromatic nitrogens is 1. The van der Waals surface area contributed by atoms with E-state index in [1.54, 1.807) is 11.3 Å². The third kappa shape index (κ3) is 1.47. The Hall–Kier alpha value is -0.450. The highest BCUT2D eigenvalue weighted by molar-refractivity contribution is 7.11. The lowest BCUT2D eigenvalue weighted by Gasteiger charge is -2.43. The van der Waals surface area contributed by atoms with Crippen molar-refractivity contribution in [2.24, 2.45) is 11.1 Å². The highest BCUT2D eigenvalue weighted by Gasteiger charge is 2.44. The summed E-state index contributed by atoms with van der Waals surface area (Å²) in [6.07, 6.45) is 4.59. The fraction of sp³-hybridized carbons (Fsp3) is 0.700. The molecule has 2 rings (SSSR count). The van der Waals surface area contributed by atoms with E-state index < -0.39 is 6.10 Å². The molecule has 1 aromatic rings. The minimum Gasteiger partial charge on any atom is -0.385 e. The van der Waals surface area contributed by atoms with Crippen LogP contribution >= 0.6 is 11.3 Å². The molecule has 3 N–H and O–H groups in total. The third-order valence-corrected chi connectivity index (χ3v) is 4.17. The first kappa shape index (κ1) is 10.1. The van der Waals surface area contributed by atoms with Gasteiger partial charge in [0.15, 0.2) is 0 Å². The number of aliphatic hydroxyl groups excluding tert-OH is 1. The molecule has 1 fully saturated rings. The average molecular weight is 212 g/mol. The van der Waals surface area contributed by atoms with Crippen LogP contribution in [-0.4, -0.2) is 16.6 Å². The number of aliphatic hydroxyl groups is 1. The van der Waals surface area contributed by atoms with E-state index in [2.05, 4.69) is 4.98 Å². The minimum absolute atomic E-state index is 0.0791. The van der Waals surface area contributed by atoms with Gasteiger partial charge in [-0.15, -0.1) is 11.3 Å². The second-order valence-electron chi connectivity index (χ2n) is 4.13. The second kappa shape index (κ2) is 3.61. The van der Waals surface area contributed by atoms with Gasteiger partial charge in [-0.1, -0.05) is 6.42 Å². The minimum atomic E-state index is -0.458. The Morgan fingerprint density at radius 3 is 2.79 bits per heavy atom. The molecule has 0 radical (unpaired) electrons. The van der Waals surface area contributed by atoms with Crippen molar-refractivity contribution in [1.82, 2.24) is 4.98 Å². The van der Waals surface area contributed by atoms with Crippen molar-refractivity contribution in [2.75, 3.05) is 6.54 Å². The Morgan fingerprint density at radius 1 is 1.71 bits per heavy atom. The second-order valence-corrected chi connectivity index (χ2v) is 5.40. The van der Waals surface area contributed by atoms with Gasteiger partial charge in [0.2, 0.25) is 0 Å². The van der Waals surface area contributed by atoms with Crippen LogP contribution in [0.2, 0.25) is 0 Å². The molecule has 1 unspecified atom stereocenters. The van der Waals surface area contributed by atoms with Gasteiger partial charge in [-0.2, -0.15) is 0 Å². The van der Waals surface area contributed by atoms with E-state index in [4.69, 9.17) is 5.73 Å². The van der Waals surface area contributed by atoms with Crippen LogP contribution in [0.15, 0.2) is 6.20 Å². The Morgan fingerprint density at radius 2 is 2.43 bits per heavy atom. The van der Waals surface area contributed by atoms with E-state index in [0.29, 0.717) is 6.54 Å². The molecule has 0 amide bonds. The molecule has 0 aromatic carbocycles. The van der Waals surface area contributed by atoms with Crippen molar-refractivity contribution in [3.05, 3.63) is 16.1 Å². The topological polar surface area (TPSA) is 59.1 Å². The van der Waals surface area contributed by atoms with Crippen molar-refractivity contribution in [3.8, 4) is 0 Å². The van der Waals surface area contributed by atoms with Gasteiger partial charge in [0.25, 0.3) is 0 Å². The molecule has 1 heterocycles. The number of nitrogens with zero attached hydrogens (tertiary/aromatic N) is 1. The van der Waals surface area contributed by atoms with Gasteiger partial charge >= 0.3 is 0 Å². The zero-order chi connectivity index (χ0) is 10.2. The van der Waals surface area contributed by atoms with Gasteiger partial charge in [0.1, 0.15) is 11.1 Å². The van der Waals surface area contributed by atoms with E-state index in [-0.39, 0.29) is 5.41 Å². The molecule has 1 atom stereocenters. The third-order valence-electron chi connectivity index (χ3n) is 3.21. The fourth-order valence-corrected chi connectivity index (χ4v) is 2.88. The summed E-state index contributed by atoms with van der Waals surface area (Å²) in [5.41, 5.74) is 5.65. The molecule has 0 aliphatic heterocycles. The summed E-state index contributed by atoms with van der Waals surface area (Å²) in [6, 6.07) is 0. The predicted molar refractivity (Wildman–Crippen MR) is 57.1 cm³/mol. The Bertz CT molecular complexity index is 314. The summed E-state index contributed by atoms with van der Waals surface area (Å²) < 4.78 is 0. The number of hydrogen-bond acceptors (Lipinski definition) is 4. The zero-order valence-electron chi connectivity index (χ0n) is 8.36. The maximum absolute atomic E-state index is 10.2. The standard InChI is InChI=1S/C10H16N2OS/c1-7-5-12-9(14-7)8(13)10(6-11)3-2-4-10/h5,8,13H,2-4,6,11H2,1H3. The van der Waals surface area contributed by atoms with Crippen molar-refractivity contribution in [3.63, 3.8) is 0 Å². The van der Waals surface area contributed by atoms with E-state index in [9.17, 15) is 5.11 Å². The van der Waals surface area contributed by atoms with E-state index >= 15 is 0 Å². The Kier molecular flexibility index (Phi) is 2.60. The van der Waals surface area contributed by atoms with Crippen molar-refractivity contribution in [1.29, 1.82) is 0 Å². The first-order valence-corrected chi connectivity index (χ1v) is 5.80. The van der Waals surface area contributed by atoms with Crippen LogP contribution in [0.25, 0.3) is 0 Å². The monoisotopic (exact) mass is 212 g/mol. The summed E-state index contributed by atoms with van der Waals surface area (Å²) >= 11 is 1.57. The van der Waals surface area contributed by atoms with E-state index in [1.165, 1.54) is 6.42 Å². The fourth-order valence-electron chi connectivity index (χ4n) is 1.98. The highest BCUT2D eigenvalue weighted by Crippen LogP contribution is 2.49. The molecule has 1 aliphatic rings. The zero-order valence-corrected chi connectivity index (χ0v) is 9.18. The summed E-state index contributed by atoms with van der Waals surface area (Å²) in [4.78, 5) is 5.37. The van der Waals surface area contributed by atoms with Gasteiger partial charge < -0.3 is 10.8 Å². The normalized spacial score (nSPS) is 21.6. The SMILES string of the molecule is Cc1cnc(C(O)C2(CN)CCC2)s1. The van der Waals surface area contributed by atoms with Gasteiger partial charge in [-0.3, -0.25) is 0 Å².